The molecular formula is C76H112Ge4O20. The number of hydrogen-bond donors (Lipinski definition) is 0. The summed E-state index contributed by atoms with van der Waals surface area (Å²) in [7, 11) is 0. The molecule has 0 N–H and O–H groups in total. The summed E-state index contributed by atoms with van der Waals surface area (Å²) in [6.45, 7) is 5.27. The number of carbonyl (C=O) groups excluding carboxylic acids is 8. The molecule has 0 radical (unpaired) electrons. The van der Waals surface area contributed by atoms with E-state index in [1.165, 1.54) is 0 Å². The van der Waals surface area contributed by atoms with Gasteiger partial charge in [-0.1, -0.05) is 0 Å². The predicted molar refractivity (Wildman–Crippen MR) is 395 cm³/mol. The van der Waals surface area contributed by atoms with Crippen LogP contribution in [0.4, 0.5) is 0 Å². The van der Waals surface area contributed by atoms with Gasteiger partial charge in [-0.3, -0.25) is 0 Å². The van der Waals surface area contributed by atoms with Crippen molar-refractivity contribution >= 4 is 101 Å². The van der Waals surface area contributed by atoms with Crippen molar-refractivity contribution in [1.82, 2.24) is 0 Å². The molecule has 8 bridgehead atoms. The van der Waals surface area contributed by atoms with Gasteiger partial charge in [0.25, 0.3) is 0 Å². The van der Waals surface area contributed by atoms with Crippen LogP contribution in [0.25, 0.3) is 0 Å². The van der Waals surface area contributed by atoms with Crippen LogP contribution >= 0.6 is 0 Å². The van der Waals surface area contributed by atoms with Crippen molar-refractivity contribution in [2.45, 2.75) is 195 Å². The number of fused-ring (bicyclic) bond motifs is 8. The Hall–Kier alpha value is -5.99. The van der Waals surface area contributed by atoms with Crippen molar-refractivity contribution in [2.75, 3.05) is 79.3 Å². The molecule has 5 rings (SSSR count). The summed E-state index contributed by atoms with van der Waals surface area (Å²) < 4.78 is 72.6. The molecule has 0 saturated heterocycles. The second kappa shape index (κ2) is 41.3. The van der Waals surface area contributed by atoms with Crippen molar-refractivity contribution in [1.29, 1.82) is 0 Å². The van der Waals surface area contributed by atoms with E-state index in [2.05, 4.69) is 69.1 Å². The van der Waals surface area contributed by atoms with Gasteiger partial charge in [-0.2, -0.15) is 0 Å². The van der Waals surface area contributed by atoms with Crippen LogP contribution in [0.15, 0.2) is 48.5 Å². The number of ether oxygens (including phenoxy) is 12. The van der Waals surface area contributed by atoms with E-state index in [1.807, 2.05) is 48.5 Å². The predicted octanol–water partition coefficient (Wildman–Crippen LogP) is 13.4. The third-order valence-electron chi connectivity index (χ3n) is 16.2. The molecule has 0 aromatic heterocycles. The maximum atomic E-state index is 13.6. The van der Waals surface area contributed by atoms with E-state index in [0.29, 0.717) is 93.2 Å². The molecule has 552 valence electrons. The molecular weight excluding hydrogens is 1520 g/mol. The first-order valence-corrected chi connectivity index (χ1v) is 66.6. The van der Waals surface area contributed by atoms with Crippen LogP contribution in [0.2, 0.25) is 90.1 Å². The molecule has 20 nitrogen and oxygen atoms in total. The molecule has 100 heavy (non-hydrogen) atoms. The Kier molecular flexibility index (Phi) is 35.0. The van der Waals surface area contributed by atoms with Gasteiger partial charge in [-0.25, -0.2) is 19.2 Å². The summed E-state index contributed by atoms with van der Waals surface area (Å²) in [4.78, 5) is 108. The second-order valence-electron chi connectivity index (χ2n) is 30.2. The van der Waals surface area contributed by atoms with Crippen molar-refractivity contribution in [3.63, 3.8) is 0 Å². The molecule has 0 unspecified atom stereocenters. The van der Waals surface area contributed by atoms with E-state index in [4.69, 9.17) is 56.8 Å². The summed E-state index contributed by atoms with van der Waals surface area (Å²) in [6.07, 6.45) is 2.33. The molecule has 24 heteroatoms. The van der Waals surface area contributed by atoms with Gasteiger partial charge in [0, 0.05) is 0 Å². The fourth-order valence-electron chi connectivity index (χ4n) is 11.2. The number of hydrogen-bond acceptors (Lipinski definition) is 20. The van der Waals surface area contributed by atoms with E-state index < -0.39 is 103 Å². The minimum atomic E-state index is -2.11. The average Bonchev–Trinajstić information content (AvgIpc) is 0.774. The molecule has 0 spiro atoms. The van der Waals surface area contributed by atoms with Crippen LogP contribution in [0, 0.1) is 0 Å². The van der Waals surface area contributed by atoms with Crippen LogP contribution in [0.3, 0.4) is 0 Å². The van der Waals surface area contributed by atoms with Crippen LogP contribution in [0.5, 0.6) is 23.0 Å². The summed E-state index contributed by atoms with van der Waals surface area (Å²) in [5, 5.41) is 3.21. The zero-order valence-electron chi connectivity index (χ0n) is 62.6. The molecule has 0 atom stereocenters. The normalized spacial score (nSPS) is 12.3. The van der Waals surface area contributed by atoms with E-state index in [0.717, 1.165) is 43.3 Å². The van der Waals surface area contributed by atoms with Crippen LogP contribution in [-0.4, -0.2) is 180 Å². The van der Waals surface area contributed by atoms with Gasteiger partial charge in [0.15, 0.2) is 0 Å². The molecule has 1 aliphatic rings. The number of esters is 8. The van der Waals surface area contributed by atoms with Crippen LogP contribution < -0.4 is 18.9 Å². The average molecular weight is 1640 g/mol. The quantitative estimate of drug-likeness (QED) is 0.0201. The molecule has 0 fully saturated rings. The standard InChI is InChI=1S/C76H112Ge4O20/c1-17-89-69(85)49-97-73-57-37-53(25-33-93-65(81)21-29-77(5,6)7)38-58(73)46-60-40-55(27-35-95-67(83)23-31-79(11,12)13)42-62(75(60)99-51-71(87)91-19-3)48-64-44-56(28-36-96-68(84)24-32-80(14,15)16)43-63(76(64)100-52-72(88)92-20-4)47-61-41-54(26-34-94-66(82)22-30-78(8,9)10)39-59(45-57)74(61)98-50-70(86)90-18-2/h37-44H,17-36,45-52H2,1-16H3. The van der Waals surface area contributed by atoms with Gasteiger partial charge in [0.2, 0.25) is 0 Å². The van der Waals surface area contributed by atoms with E-state index in [1.54, 1.807) is 27.7 Å². The molecule has 0 heterocycles. The fourth-order valence-corrected chi connectivity index (χ4v) is 19.2. The Balaban J connectivity index is 1.97. The molecule has 4 aromatic rings. The van der Waals surface area contributed by atoms with Crippen molar-refractivity contribution in [3.8, 4) is 23.0 Å². The van der Waals surface area contributed by atoms with Gasteiger partial charge in [-0.15, -0.1) is 0 Å². The summed E-state index contributed by atoms with van der Waals surface area (Å²) in [6, 6.07) is 15.5. The molecule has 0 saturated carbocycles. The molecule has 1 aliphatic carbocycles. The first-order valence-electron chi connectivity index (χ1n) is 35.5. The number of benzene rings is 4. The van der Waals surface area contributed by atoms with Crippen LogP contribution in [-0.2, 0) is 128 Å². The Morgan fingerprint density at radius 3 is 0.590 bits per heavy atom. The first kappa shape index (κ1) is 84.7. The monoisotopic (exact) mass is 1640 g/mol. The third kappa shape index (κ3) is 32.1. The Morgan fingerprint density at radius 1 is 0.270 bits per heavy atom. The van der Waals surface area contributed by atoms with Gasteiger partial charge >= 0.3 is 516 Å². The summed E-state index contributed by atoms with van der Waals surface area (Å²) in [5.41, 5.74) is 7.37. The number of carbonyl (C=O) groups is 8. The van der Waals surface area contributed by atoms with Gasteiger partial charge in [-0.05, 0) is 27.7 Å². The zero-order chi connectivity index (χ0) is 73.8. The van der Waals surface area contributed by atoms with Gasteiger partial charge in [0.05, 0.1) is 26.4 Å². The molecule has 0 aliphatic heterocycles. The van der Waals surface area contributed by atoms with E-state index in [9.17, 15) is 38.4 Å². The summed E-state index contributed by atoms with van der Waals surface area (Å²) >= 11 is -8.46. The second-order valence-corrected chi connectivity index (χ2v) is 77.4. The first-order chi connectivity index (χ1) is 47.1. The summed E-state index contributed by atoms with van der Waals surface area (Å²) in [5.74, 6) is 24.4. The third-order valence-corrected chi connectivity index (χ3v) is 30.9. The topological polar surface area (TPSA) is 247 Å². The van der Waals surface area contributed by atoms with Crippen LogP contribution in [0.1, 0.15) is 120 Å². The Morgan fingerprint density at radius 2 is 0.440 bits per heavy atom. The van der Waals surface area contributed by atoms with Crippen molar-refractivity contribution < 1.29 is 95.2 Å². The molecule has 4 aromatic carbocycles. The Bertz CT molecular complexity index is 2890. The van der Waals surface area contributed by atoms with E-state index >= 15 is 0 Å². The van der Waals surface area contributed by atoms with E-state index in [-0.39, 0.29) is 128 Å². The zero-order valence-corrected chi connectivity index (χ0v) is 71.0. The fraction of sp³-hybridized carbons (Fsp3) is 0.579. The SMILES string of the molecule is CCOC(=O)COc1c2cc(CCOC(=O)C[CH2][Ge]([CH3])([CH3])[CH3])cc1Cc1cc(CCOC(=O)C[CH2][Ge]([CH3])([CH3])[CH3])cc(c1OCC(=O)OCC)Cc1cc(CCOC(=O)C[CH2][Ge]([CH3])([CH3])[CH3])cc(c1OCC(=O)OCC)Cc1cc(CCOC(=O)C[CH2][Ge]([CH3])([CH3])[CH3])cc(c1OCC(=O)OCC)C2. The molecule has 0 amide bonds. The minimum absolute atomic E-state index is 0.0239. The Labute approximate surface area is 604 Å². The van der Waals surface area contributed by atoms with Crippen molar-refractivity contribution in [2.24, 2.45) is 0 Å². The number of rotatable bonds is 40. The van der Waals surface area contributed by atoms with Crippen molar-refractivity contribution in [3.05, 3.63) is 115 Å². The van der Waals surface area contributed by atoms with Gasteiger partial charge < -0.3 is 18.9 Å². The maximum absolute atomic E-state index is 13.6. The van der Waals surface area contributed by atoms with Gasteiger partial charge in [0.1, 0.15) is 0 Å².